The van der Waals surface area contributed by atoms with Gasteiger partial charge in [0.1, 0.15) is 6.10 Å². The molecular weight excluding hydrogens is 459 g/mol. The van der Waals surface area contributed by atoms with E-state index in [4.69, 9.17) is 4.74 Å². The van der Waals surface area contributed by atoms with E-state index in [0.717, 1.165) is 12.8 Å². The van der Waals surface area contributed by atoms with Crippen molar-refractivity contribution in [3.05, 3.63) is 0 Å². The lowest BCUT2D eigenvalue weighted by Crippen LogP contribution is -2.55. The summed E-state index contributed by atoms with van der Waals surface area (Å²) in [7, 11) is -1.31. The van der Waals surface area contributed by atoms with E-state index in [9.17, 15) is 13.2 Å². The third-order valence-electron chi connectivity index (χ3n) is 4.44. The van der Waals surface area contributed by atoms with Crippen LogP contribution in [0, 0.1) is 0 Å². The highest BCUT2D eigenvalue weighted by atomic mass is 127. The molecule has 1 atom stereocenters. The first-order valence-corrected chi connectivity index (χ1v) is 10.4. The standard InChI is InChI=1S/C15H28N4O4S.HI/c1-3-24(21,22)12-6-17-15(16-2)19-9-7-18(8-10-19)14(20)13-5-4-11-23-13;/h13H,3-12H2,1-2H3,(H,16,17);1H. The molecule has 0 aliphatic carbocycles. The molecule has 2 aliphatic heterocycles. The van der Waals surface area contributed by atoms with Crippen LogP contribution in [-0.4, -0.2) is 94.1 Å². The SMILES string of the molecule is CCS(=O)(=O)CCNC(=NC)N1CCN(C(=O)C2CCCO2)CC1.I. The van der Waals surface area contributed by atoms with E-state index in [0.29, 0.717) is 45.3 Å². The number of nitrogens with one attached hydrogen (secondary N) is 1. The Morgan fingerprint density at radius 1 is 1.24 bits per heavy atom. The minimum atomic E-state index is -2.99. The Morgan fingerprint density at radius 3 is 2.40 bits per heavy atom. The first-order valence-electron chi connectivity index (χ1n) is 8.53. The van der Waals surface area contributed by atoms with E-state index >= 15 is 0 Å². The van der Waals surface area contributed by atoms with E-state index in [1.807, 2.05) is 4.90 Å². The Hall–Kier alpha value is -0.620. The quantitative estimate of drug-likeness (QED) is 0.331. The van der Waals surface area contributed by atoms with Crippen molar-refractivity contribution >= 4 is 45.7 Å². The highest BCUT2D eigenvalue weighted by Gasteiger charge is 2.30. The predicted molar refractivity (Wildman–Crippen MR) is 108 cm³/mol. The normalized spacial score (nSPS) is 21.8. The van der Waals surface area contributed by atoms with Gasteiger partial charge in [0.15, 0.2) is 15.8 Å². The lowest BCUT2D eigenvalue weighted by molar-refractivity contribution is -0.142. The first kappa shape index (κ1) is 22.4. The van der Waals surface area contributed by atoms with Crippen molar-refractivity contribution in [1.82, 2.24) is 15.1 Å². The number of rotatable bonds is 5. The Kier molecular flexibility index (Phi) is 9.43. The molecular formula is C15H29IN4O4S. The van der Waals surface area contributed by atoms with Gasteiger partial charge in [0.2, 0.25) is 0 Å². The number of carbonyl (C=O) groups excluding carboxylic acids is 1. The molecule has 10 heteroatoms. The third kappa shape index (κ3) is 6.55. The van der Waals surface area contributed by atoms with Crippen molar-refractivity contribution in [2.24, 2.45) is 4.99 Å². The second kappa shape index (κ2) is 10.5. The van der Waals surface area contributed by atoms with Crippen LogP contribution in [0.5, 0.6) is 0 Å². The van der Waals surface area contributed by atoms with E-state index in [-0.39, 0.29) is 47.5 Å². The van der Waals surface area contributed by atoms with Crippen molar-refractivity contribution in [2.45, 2.75) is 25.9 Å². The fraction of sp³-hybridized carbons (Fsp3) is 0.867. The van der Waals surface area contributed by atoms with E-state index < -0.39 is 9.84 Å². The fourth-order valence-corrected chi connectivity index (χ4v) is 3.61. The molecule has 2 rings (SSSR count). The van der Waals surface area contributed by atoms with Crippen LogP contribution in [0.1, 0.15) is 19.8 Å². The molecule has 146 valence electrons. The minimum Gasteiger partial charge on any atom is -0.368 e. The molecule has 2 aliphatic rings. The number of aliphatic imine (C=N–C) groups is 1. The van der Waals surface area contributed by atoms with E-state index in [1.54, 1.807) is 14.0 Å². The van der Waals surface area contributed by atoms with Crippen LogP contribution < -0.4 is 5.32 Å². The topological polar surface area (TPSA) is 91.3 Å². The average Bonchev–Trinajstić information content (AvgIpc) is 3.13. The molecule has 0 radical (unpaired) electrons. The summed E-state index contributed by atoms with van der Waals surface area (Å²) in [6.07, 6.45) is 1.50. The number of ether oxygens (including phenoxy) is 1. The van der Waals surface area contributed by atoms with Crippen LogP contribution in [0.4, 0.5) is 0 Å². The lowest BCUT2D eigenvalue weighted by atomic mass is 10.2. The molecule has 2 heterocycles. The van der Waals surface area contributed by atoms with Gasteiger partial charge >= 0.3 is 0 Å². The van der Waals surface area contributed by atoms with Gasteiger partial charge in [-0.3, -0.25) is 9.79 Å². The summed E-state index contributed by atoms with van der Waals surface area (Å²) in [4.78, 5) is 20.4. The van der Waals surface area contributed by atoms with Gasteiger partial charge in [-0.2, -0.15) is 0 Å². The van der Waals surface area contributed by atoms with Crippen LogP contribution in [0.25, 0.3) is 0 Å². The molecule has 2 saturated heterocycles. The number of nitrogens with zero attached hydrogens (tertiary/aromatic N) is 3. The summed E-state index contributed by atoms with van der Waals surface area (Å²) < 4.78 is 28.5. The zero-order chi connectivity index (χ0) is 17.6. The van der Waals surface area contributed by atoms with Crippen molar-refractivity contribution < 1.29 is 17.9 Å². The molecule has 1 N–H and O–H groups in total. The maximum absolute atomic E-state index is 12.3. The molecule has 0 aromatic heterocycles. The van der Waals surface area contributed by atoms with Crippen LogP contribution in [0.2, 0.25) is 0 Å². The second-order valence-corrected chi connectivity index (χ2v) is 8.50. The molecule has 0 saturated carbocycles. The summed E-state index contributed by atoms with van der Waals surface area (Å²) in [5.74, 6) is 1.02. The molecule has 0 bridgehead atoms. The lowest BCUT2D eigenvalue weighted by Gasteiger charge is -2.37. The molecule has 2 fully saturated rings. The third-order valence-corrected chi connectivity index (χ3v) is 6.15. The van der Waals surface area contributed by atoms with Crippen molar-refractivity contribution in [3.8, 4) is 0 Å². The summed E-state index contributed by atoms with van der Waals surface area (Å²) >= 11 is 0. The molecule has 25 heavy (non-hydrogen) atoms. The molecule has 0 spiro atoms. The van der Waals surface area contributed by atoms with Crippen molar-refractivity contribution in [2.75, 3.05) is 57.9 Å². The van der Waals surface area contributed by atoms with Crippen LogP contribution >= 0.6 is 24.0 Å². The van der Waals surface area contributed by atoms with Crippen LogP contribution in [0.15, 0.2) is 4.99 Å². The average molecular weight is 488 g/mol. The zero-order valence-electron chi connectivity index (χ0n) is 14.9. The molecule has 0 aromatic carbocycles. The van der Waals surface area contributed by atoms with Gasteiger partial charge in [0.25, 0.3) is 5.91 Å². The summed E-state index contributed by atoms with van der Waals surface area (Å²) in [6.45, 7) is 5.29. The zero-order valence-corrected chi connectivity index (χ0v) is 18.1. The van der Waals surface area contributed by atoms with Crippen LogP contribution in [-0.2, 0) is 19.4 Å². The number of piperazine rings is 1. The Balaban J connectivity index is 0.00000312. The van der Waals surface area contributed by atoms with Gasteiger partial charge in [-0.1, -0.05) is 6.92 Å². The summed E-state index contributed by atoms with van der Waals surface area (Å²) in [5.41, 5.74) is 0. The van der Waals surface area contributed by atoms with E-state index in [1.165, 1.54) is 0 Å². The van der Waals surface area contributed by atoms with Gasteiger partial charge < -0.3 is 19.9 Å². The van der Waals surface area contributed by atoms with Gasteiger partial charge in [-0.05, 0) is 12.8 Å². The number of hydrogen-bond donors (Lipinski definition) is 1. The van der Waals surface area contributed by atoms with Crippen molar-refractivity contribution in [1.29, 1.82) is 0 Å². The number of sulfone groups is 1. The predicted octanol–water partition coefficient (Wildman–Crippen LogP) is -0.0623. The Morgan fingerprint density at radius 2 is 1.88 bits per heavy atom. The number of carbonyl (C=O) groups is 1. The maximum atomic E-state index is 12.3. The maximum Gasteiger partial charge on any atom is 0.251 e. The minimum absolute atomic E-state index is 0. The summed E-state index contributed by atoms with van der Waals surface area (Å²) in [6, 6.07) is 0. The highest BCUT2D eigenvalue weighted by Crippen LogP contribution is 2.16. The monoisotopic (exact) mass is 488 g/mol. The largest absolute Gasteiger partial charge is 0.368 e. The highest BCUT2D eigenvalue weighted by molar-refractivity contribution is 14.0. The first-order chi connectivity index (χ1) is 11.5. The fourth-order valence-electron chi connectivity index (χ4n) is 2.91. The van der Waals surface area contributed by atoms with Gasteiger partial charge in [0.05, 0.1) is 5.75 Å². The van der Waals surface area contributed by atoms with Crippen molar-refractivity contribution in [3.63, 3.8) is 0 Å². The second-order valence-electron chi connectivity index (χ2n) is 6.02. The van der Waals surface area contributed by atoms with Gasteiger partial charge in [-0.25, -0.2) is 8.42 Å². The van der Waals surface area contributed by atoms with Gasteiger partial charge in [0, 0.05) is 52.1 Å². The molecule has 0 aromatic rings. The van der Waals surface area contributed by atoms with Gasteiger partial charge in [-0.15, -0.1) is 24.0 Å². The van der Waals surface area contributed by atoms with E-state index in [2.05, 4.69) is 15.2 Å². The number of halogens is 1. The number of amides is 1. The van der Waals surface area contributed by atoms with Crippen LogP contribution in [0.3, 0.4) is 0 Å². The molecule has 1 amide bonds. The molecule has 8 nitrogen and oxygen atoms in total. The number of guanidine groups is 1. The Bertz CT molecular complexity index is 556. The Labute approximate surface area is 167 Å². The smallest absolute Gasteiger partial charge is 0.251 e. The molecule has 1 unspecified atom stereocenters. The summed E-state index contributed by atoms with van der Waals surface area (Å²) in [5, 5.41) is 3.10. The number of hydrogen-bond acceptors (Lipinski definition) is 5.